The lowest BCUT2D eigenvalue weighted by molar-refractivity contribution is -0.220. The zero-order valence-corrected chi connectivity index (χ0v) is 8.99. The number of carbonyl (C=O) groups is 2. The van der Waals surface area contributed by atoms with Gasteiger partial charge in [-0.15, -0.1) is 0 Å². The fourth-order valence-corrected chi connectivity index (χ4v) is 2.86. The van der Waals surface area contributed by atoms with E-state index < -0.39 is 17.5 Å². The highest BCUT2D eigenvalue weighted by molar-refractivity contribution is 5.79. The van der Waals surface area contributed by atoms with Gasteiger partial charge in [0.2, 0.25) is 0 Å². The highest BCUT2D eigenvalue weighted by Gasteiger charge is 2.71. The molecule has 88 valence electrons. The van der Waals surface area contributed by atoms with E-state index in [9.17, 15) is 9.59 Å². The maximum Gasteiger partial charge on any atom is 0.407 e. The molecule has 0 radical (unpaired) electrons. The van der Waals surface area contributed by atoms with Gasteiger partial charge in [-0.1, -0.05) is 12.7 Å². The Hall–Kier alpha value is -1.52. The third-order valence-electron chi connectivity index (χ3n) is 3.53. The zero-order valence-electron chi connectivity index (χ0n) is 8.99. The average Bonchev–Trinajstić information content (AvgIpc) is 2.09. The number of nitrogens with one attached hydrogen (secondary N) is 1. The van der Waals surface area contributed by atoms with Crippen molar-refractivity contribution in [3.05, 3.63) is 12.7 Å². The molecule has 5 nitrogen and oxygen atoms in total. The first-order valence-corrected chi connectivity index (χ1v) is 5.27. The van der Waals surface area contributed by atoms with Crippen molar-refractivity contribution in [3.8, 4) is 0 Å². The molecule has 3 rings (SSSR count). The summed E-state index contributed by atoms with van der Waals surface area (Å²) in [5, 5.41) is 11.6. The monoisotopic (exact) mass is 225 g/mol. The lowest BCUT2D eigenvalue weighted by atomic mass is 9.35. The number of aliphatic carboxylic acids is 1. The molecule has 0 spiro atoms. The summed E-state index contributed by atoms with van der Waals surface area (Å²) >= 11 is 0. The summed E-state index contributed by atoms with van der Waals surface area (Å²) in [5.74, 6) is -0.705. The van der Waals surface area contributed by atoms with Gasteiger partial charge in [0.05, 0.1) is 5.41 Å². The summed E-state index contributed by atoms with van der Waals surface area (Å²) < 4.78 is 4.76. The normalized spacial score (nSPS) is 34.2. The van der Waals surface area contributed by atoms with Crippen LogP contribution >= 0.6 is 0 Å². The fraction of sp³-hybridized carbons (Fsp3) is 0.636. The lowest BCUT2D eigenvalue weighted by Crippen LogP contribution is -2.68. The van der Waals surface area contributed by atoms with E-state index in [2.05, 4.69) is 11.9 Å². The van der Waals surface area contributed by atoms with Crippen molar-refractivity contribution in [2.75, 3.05) is 13.2 Å². The second-order valence-corrected chi connectivity index (χ2v) is 4.86. The predicted octanol–water partition coefficient (Wildman–Crippen LogP) is 1.15. The molecule has 5 heteroatoms. The minimum Gasteiger partial charge on any atom is -0.481 e. The fourth-order valence-electron chi connectivity index (χ4n) is 2.86. The Balaban J connectivity index is 1.69. The van der Waals surface area contributed by atoms with Crippen molar-refractivity contribution in [3.63, 3.8) is 0 Å². The molecule has 0 aromatic carbocycles. The first kappa shape index (κ1) is 11.0. The van der Waals surface area contributed by atoms with Crippen molar-refractivity contribution < 1.29 is 19.4 Å². The van der Waals surface area contributed by atoms with E-state index in [1.165, 1.54) is 6.08 Å². The molecule has 3 fully saturated rings. The minimum atomic E-state index is -0.705. The number of carboxylic acids is 1. The molecule has 3 aliphatic carbocycles. The number of hydrogen-bond donors (Lipinski definition) is 2. The SMILES string of the molecule is C=CCOC(=O)NCC12CC(C(=O)O)(C1)C2. The predicted molar refractivity (Wildman–Crippen MR) is 55.9 cm³/mol. The molecule has 0 aromatic rings. The van der Waals surface area contributed by atoms with Gasteiger partial charge in [-0.3, -0.25) is 4.79 Å². The van der Waals surface area contributed by atoms with Crippen molar-refractivity contribution in [1.29, 1.82) is 0 Å². The first-order valence-electron chi connectivity index (χ1n) is 5.27. The van der Waals surface area contributed by atoms with E-state index in [0.717, 1.165) is 0 Å². The second kappa shape index (κ2) is 3.50. The largest absolute Gasteiger partial charge is 0.481 e. The Labute approximate surface area is 93.5 Å². The van der Waals surface area contributed by atoms with Gasteiger partial charge < -0.3 is 15.2 Å². The molecule has 3 aliphatic rings. The standard InChI is InChI=1S/C11H15NO4/c1-2-3-16-9(15)12-7-10-4-11(5-10,6-10)8(13)14/h2H,1,3-7H2,(H,12,15)(H,13,14). The van der Waals surface area contributed by atoms with E-state index in [0.29, 0.717) is 25.8 Å². The van der Waals surface area contributed by atoms with Gasteiger partial charge in [0, 0.05) is 6.54 Å². The second-order valence-electron chi connectivity index (χ2n) is 4.86. The molecule has 16 heavy (non-hydrogen) atoms. The number of rotatable bonds is 5. The summed E-state index contributed by atoms with van der Waals surface area (Å²) in [6.45, 7) is 4.14. The number of carbonyl (C=O) groups excluding carboxylic acids is 1. The van der Waals surface area contributed by atoms with E-state index in [1.807, 2.05) is 0 Å². The van der Waals surface area contributed by atoms with Crippen LogP contribution in [0.15, 0.2) is 12.7 Å². The van der Waals surface area contributed by atoms with Crippen LogP contribution in [0, 0.1) is 10.8 Å². The van der Waals surface area contributed by atoms with Crippen LogP contribution in [0.5, 0.6) is 0 Å². The average molecular weight is 225 g/mol. The van der Waals surface area contributed by atoms with Crippen LogP contribution in [0.2, 0.25) is 0 Å². The van der Waals surface area contributed by atoms with E-state index >= 15 is 0 Å². The van der Waals surface area contributed by atoms with Crippen molar-refractivity contribution in [2.45, 2.75) is 19.3 Å². The van der Waals surface area contributed by atoms with Crippen LogP contribution in [0.25, 0.3) is 0 Å². The molecule has 0 saturated heterocycles. The third kappa shape index (κ3) is 1.56. The maximum absolute atomic E-state index is 11.1. The summed E-state index contributed by atoms with van der Waals surface area (Å²) in [6.07, 6.45) is 3.07. The summed E-state index contributed by atoms with van der Waals surface area (Å²) in [7, 11) is 0. The highest BCUT2D eigenvalue weighted by atomic mass is 16.5. The number of amides is 1. The highest BCUT2D eigenvalue weighted by Crippen LogP contribution is 2.73. The molecular formula is C11H15NO4. The molecule has 2 N–H and O–H groups in total. The van der Waals surface area contributed by atoms with Gasteiger partial charge in [-0.2, -0.15) is 0 Å². The Bertz CT molecular complexity index is 330. The molecular weight excluding hydrogens is 210 g/mol. The van der Waals surface area contributed by atoms with Crippen LogP contribution in [0.4, 0.5) is 4.79 Å². The number of ether oxygens (including phenoxy) is 1. The Morgan fingerprint density at radius 1 is 1.44 bits per heavy atom. The van der Waals surface area contributed by atoms with Gasteiger partial charge in [0.15, 0.2) is 0 Å². The van der Waals surface area contributed by atoms with Crippen LogP contribution < -0.4 is 5.32 Å². The molecule has 0 heterocycles. The quantitative estimate of drug-likeness (QED) is 0.688. The van der Waals surface area contributed by atoms with Gasteiger partial charge in [0.1, 0.15) is 6.61 Å². The van der Waals surface area contributed by atoms with Gasteiger partial charge in [-0.05, 0) is 24.7 Å². The summed E-state index contributed by atoms with van der Waals surface area (Å²) in [5.41, 5.74) is -0.460. The van der Waals surface area contributed by atoms with E-state index in [1.54, 1.807) is 0 Å². The molecule has 2 bridgehead atoms. The molecule has 0 atom stereocenters. The third-order valence-corrected chi connectivity index (χ3v) is 3.53. The van der Waals surface area contributed by atoms with Gasteiger partial charge >= 0.3 is 12.1 Å². The smallest absolute Gasteiger partial charge is 0.407 e. The number of alkyl carbamates (subject to hydrolysis) is 1. The van der Waals surface area contributed by atoms with E-state index in [-0.39, 0.29) is 12.0 Å². The zero-order chi connectivity index (χ0) is 11.8. The van der Waals surface area contributed by atoms with E-state index in [4.69, 9.17) is 9.84 Å². The topological polar surface area (TPSA) is 75.6 Å². The maximum atomic E-state index is 11.1. The molecule has 0 aromatic heterocycles. The van der Waals surface area contributed by atoms with Gasteiger partial charge in [-0.25, -0.2) is 4.79 Å². The summed E-state index contributed by atoms with van der Waals surface area (Å²) in [4.78, 5) is 22.0. The van der Waals surface area contributed by atoms with Crippen molar-refractivity contribution in [1.82, 2.24) is 5.32 Å². The lowest BCUT2D eigenvalue weighted by Gasteiger charge is -2.68. The van der Waals surface area contributed by atoms with Gasteiger partial charge in [0.25, 0.3) is 0 Å². The number of carboxylic acid groups (broad SMARTS) is 1. The van der Waals surface area contributed by atoms with Crippen LogP contribution in [0.1, 0.15) is 19.3 Å². The van der Waals surface area contributed by atoms with Crippen molar-refractivity contribution >= 4 is 12.1 Å². The van der Waals surface area contributed by atoms with Crippen LogP contribution in [0.3, 0.4) is 0 Å². The molecule has 3 saturated carbocycles. The first-order chi connectivity index (χ1) is 7.52. The molecule has 0 aliphatic heterocycles. The molecule has 0 unspecified atom stereocenters. The Morgan fingerprint density at radius 2 is 2.06 bits per heavy atom. The molecule has 1 amide bonds. The Morgan fingerprint density at radius 3 is 2.56 bits per heavy atom. The van der Waals surface area contributed by atoms with Crippen LogP contribution in [-0.2, 0) is 9.53 Å². The number of hydrogen-bond acceptors (Lipinski definition) is 3. The van der Waals surface area contributed by atoms with Crippen molar-refractivity contribution in [2.24, 2.45) is 10.8 Å². The summed E-state index contributed by atoms with van der Waals surface area (Å²) in [6, 6.07) is 0. The Kier molecular flexibility index (Phi) is 2.40. The van der Waals surface area contributed by atoms with Crippen LogP contribution in [-0.4, -0.2) is 30.3 Å². The minimum absolute atomic E-state index is 0.0194.